The van der Waals surface area contributed by atoms with Crippen molar-refractivity contribution in [1.82, 2.24) is 10.4 Å². The first-order valence-electron chi connectivity index (χ1n) is 10.0. The number of anilines is 1. The second-order valence-corrected chi connectivity index (χ2v) is 7.94. The van der Waals surface area contributed by atoms with Crippen molar-refractivity contribution < 1.29 is 19.4 Å². The number of phenolic OH excluding ortho intramolecular Hbond substituents is 1. The lowest BCUT2D eigenvalue weighted by molar-refractivity contribution is -0.132. The van der Waals surface area contributed by atoms with Crippen LogP contribution in [-0.4, -0.2) is 28.0 Å². The fourth-order valence-corrected chi connectivity index (χ4v) is 3.60. The molecule has 0 bridgehead atoms. The third-order valence-electron chi connectivity index (χ3n) is 5.19. The van der Waals surface area contributed by atoms with Crippen LogP contribution >= 0.6 is 11.6 Å². The Balaban J connectivity index is 1.62. The lowest BCUT2D eigenvalue weighted by Crippen LogP contribution is -2.55. The number of aromatic hydroxyl groups is 1. The highest BCUT2D eigenvalue weighted by molar-refractivity contribution is 6.31. The normalized spacial score (nSPS) is 16.0. The van der Waals surface area contributed by atoms with E-state index in [0.29, 0.717) is 27.6 Å². The summed E-state index contributed by atoms with van der Waals surface area (Å²) in [6.45, 7) is 3.50. The quantitative estimate of drug-likeness (QED) is 0.534. The van der Waals surface area contributed by atoms with Crippen molar-refractivity contribution in [2.75, 3.05) is 5.32 Å². The molecule has 4 rings (SSSR count). The second kappa shape index (κ2) is 8.80. The average molecular weight is 452 g/mol. The summed E-state index contributed by atoms with van der Waals surface area (Å²) in [4.78, 5) is 26.3. The van der Waals surface area contributed by atoms with Crippen molar-refractivity contribution in [2.24, 2.45) is 0 Å². The number of ether oxygens (including phenoxy) is 1. The number of benzene rings is 3. The first-order valence-corrected chi connectivity index (χ1v) is 10.4. The van der Waals surface area contributed by atoms with E-state index in [1.807, 2.05) is 25.1 Å². The van der Waals surface area contributed by atoms with Crippen LogP contribution in [-0.2, 0) is 4.79 Å². The van der Waals surface area contributed by atoms with Crippen molar-refractivity contribution in [1.29, 1.82) is 0 Å². The van der Waals surface area contributed by atoms with Gasteiger partial charge in [-0.05, 0) is 61.4 Å². The molecule has 3 aromatic carbocycles. The summed E-state index contributed by atoms with van der Waals surface area (Å²) in [6, 6.07) is 18.7. The molecule has 0 saturated heterocycles. The number of rotatable bonds is 5. The van der Waals surface area contributed by atoms with Gasteiger partial charge in [-0.25, -0.2) is 5.01 Å². The largest absolute Gasteiger partial charge is 0.508 e. The van der Waals surface area contributed by atoms with Crippen molar-refractivity contribution in [3.8, 4) is 11.5 Å². The van der Waals surface area contributed by atoms with Gasteiger partial charge in [0.2, 0.25) is 0 Å². The summed E-state index contributed by atoms with van der Waals surface area (Å²) in [5.74, 6) is -0.224. The van der Waals surface area contributed by atoms with Crippen LogP contribution in [0.4, 0.5) is 5.69 Å². The molecule has 32 heavy (non-hydrogen) atoms. The summed E-state index contributed by atoms with van der Waals surface area (Å²) in [7, 11) is 0. The van der Waals surface area contributed by atoms with Crippen molar-refractivity contribution in [3.05, 3.63) is 88.4 Å². The number of nitrogens with one attached hydrogen (secondary N) is 2. The number of carbonyl (C=O) groups is 2. The van der Waals surface area contributed by atoms with E-state index >= 15 is 0 Å². The maximum atomic E-state index is 13.3. The Bertz CT molecular complexity index is 1170. The summed E-state index contributed by atoms with van der Waals surface area (Å²) >= 11 is 6.09. The Kier molecular flexibility index (Phi) is 5.92. The molecule has 7 nitrogen and oxygen atoms in total. The standard InChI is InChI=1S/C24H22ClN3O4/c1-14-5-3-4-6-21(14)32-15(2)23(30)27-28-22(16-7-10-18(29)11-8-16)26-20-12-9-17(25)13-19(20)24(28)31/h3-13,15,22,26,29H,1-2H3,(H,27,30). The van der Waals surface area contributed by atoms with E-state index in [-0.39, 0.29) is 5.75 Å². The fourth-order valence-electron chi connectivity index (χ4n) is 3.42. The van der Waals surface area contributed by atoms with E-state index in [4.69, 9.17) is 16.3 Å². The zero-order chi connectivity index (χ0) is 22.8. The number of phenols is 1. The van der Waals surface area contributed by atoms with Crippen LogP contribution in [0.2, 0.25) is 5.02 Å². The topological polar surface area (TPSA) is 90.9 Å². The Labute approximate surface area is 190 Å². The van der Waals surface area contributed by atoms with Gasteiger partial charge >= 0.3 is 0 Å². The highest BCUT2D eigenvalue weighted by Crippen LogP contribution is 2.34. The number of para-hydroxylation sites is 1. The number of aryl methyl sites for hydroxylation is 1. The molecule has 0 aromatic heterocycles. The minimum atomic E-state index is -0.856. The van der Waals surface area contributed by atoms with Gasteiger partial charge in [-0.3, -0.25) is 15.0 Å². The fraction of sp³-hybridized carbons (Fsp3) is 0.167. The van der Waals surface area contributed by atoms with Crippen LogP contribution in [0.25, 0.3) is 0 Å². The van der Waals surface area contributed by atoms with Gasteiger partial charge in [-0.2, -0.15) is 0 Å². The molecule has 3 aromatic rings. The first-order chi connectivity index (χ1) is 15.3. The highest BCUT2D eigenvalue weighted by Gasteiger charge is 2.35. The van der Waals surface area contributed by atoms with Gasteiger partial charge in [0.1, 0.15) is 17.7 Å². The minimum Gasteiger partial charge on any atom is -0.508 e. The van der Waals surface area contributed by atoms with E-state index < -0.39 is 24.1 Å². The van der Waals surface area contributed by atoms with E-state index in [2.05, 4.69) is 10.7 Å². The predicted molar refractivity (Wildman–Crippen MR) is 122 cm³/mol. The summed E-state index contributed by atoms with van der Waals surface area (Å²) in [6.07, 6.45) is -1.56. The lowest BCUT2D eigenvalue weighted by atomic mass is 10.0. The molecule has 164 valence electrons. The Morgan fingerprint density at radius 3 is 2.59 bits per heavy atom. The maximum absolute atomic E-state index is 13.3. The number of hydrogen-bond donors (Lipinski definition) is 3. The number of amides is 2. The van der Waals surface area contributed by atoms with Gasteiger partial charge in [-0.15, -0.1) is 0 Å². The molecule has 2 unspecified atom stereocenters. The van der Waals surface area contributed by atoms with Crippen molar-refractivity contribution >= 4 is 29.1 Å². The molecule has 0 saturated carbocycles. The average Bonchev–Trinajstić information content (AvgIpc) is 2.78. The van der Waals surface area contributed by atoms with Gasteiger partial charge in [0.15, 0.2) is 6.10 Å². The molecular formula is C24H22ClN3O4. The molecule has 0 spiro atoms. The third-order valence-corrected chi connectivity index (χ3v) is 5.42. The predicted octanol–water partition coefficient (Wildman–Crippen LogP) is 4.42. The Morgan fingerprint density at radius 1 is 1.16 bits per heavy atom. The molecule has 1 heterocycles. The maximum Gasteiger partial charge on any atom is 0.279 e. The van der Waals surface area contributed by atoms with Crippen molar-refractivity contribution in [2.45, 2.75) is 26.1 Å². The zero-order valence-electron chi connectivity index (χ0n) is 17.5. The van der Waals surface area contributed by atoms with Gasteiger partial charge < -0.3 is 15.2 Å². The molecule has 0 fully saturated rings. The van der Waals surface area contributed by atoms with Gasteiger partial charge in [0.05, 0.1) is 5.56 Å². The van der Waals surface area contributed by atoms with Crippen LogP contribution in [0.3, 0.4) is 0 Å². The van der Waals surface area contributed by atoms with Gasteiger partial charge in [0.25, 0.3) is 11.8 Å². The first kappa shape index (κ1) is 21.5. The molecule has 2 atom stereocenters. The van der Waals surface area contributed by atoms with Crippen LogP contribution < -0.4 is 15.5 Å². The summed E-state index contributed by atoms with van der Waals surface area (Å²) < 4.78 is 5.80. The lowest BCUT2D eigenvalue weighted by Gasteiger charge is -2.38. The van der Waals surface area contributed by atoms with E-state index in [0.717, 1.165) is 5.56 Å². The number of nitrogens with zero attached hydrogens (tertiary/aromatic N) is 1. The zero-order valence-corrected chi connectivity index (χ0v) is 18.3. The smallest absolute Gasteiger partial charge is 0.279 e. The monoisotopic (exact) mass is 451 g/mol. The Hall–Kier alpha value is -3.71. The highest BCUT2D eigenvalue weighted by atomic mass is 35.5. The third kappa shape index (κ3) is 4.33. The molecule has 3 N–H and O–H groups in total. The summed E-state index contributed by atoms with van der Waals surface area (Å²) in [5, 5.41) is 14.5. The molecule has 1 aliphatic rings. The SMILES string of the molecule is Cc1ccccc1OC(C)C(=O)NN1C(=O)c2cc(Cl)ccc2NC1c1ccc(O)cc1. The molecule has 1 aliphatic heterocycles. The molecular weight excluding hydrogens is 430 g/mol. The molecule has 8 heteroatoms. The van der Waals surface area contributed by atoms with Gasteiger partial charge in [-0.1, -0.05) is 41.9 Å². The number of hydrazine groups is 1. The van der Waals surface area contributed by atoms with E-state index in [9.17, 15) is 14.7 Å². The number of hydrogen-bond acceptors (Lipinski definition) is 5. The minimum absolute atomic E-state index is 0.0962. The summed E-state index contributed by atoms with van der Waals surface area (Å²) in [5.41, 5.74) is 5.17. The van der Waals surface area contributed by atoms with Crippen molar-refractivity contribution in [3.63, 3.8) is 0 Å². The number of fused-ring (bicyclic) bond motifs is 1. The van der Waals surface area contributed by atoms with Gasteiger partial charge in [0, 0.05) is 10.7 Å². The van der Waals surface area contributed by atoms with Crippen LogP contribution in [0, 0.1) is 6.92 Å². The van der Waals surface area contributed by atoms with Crippen LogP contribution in [0.1, 0.15) is 34.6 Å². The number of carbonyl (C=O) groups excluding carboxylic acids is 2. The molecule has 2 amide bonds. The van der Waals surface area contributed by atoms with Crippen LogP contribution in [0.15, 0.2) is 66.7 Å². The van der Waals surface area contributed by atoms with E-state index in [1.165, 1.54) is 17.1 Å². The Morgan fingerprint density at radius 2 is 1.88 bits per heavy atom. The number of halogens is 1. The second-order valence-electron chi connectivity index (χ2n) is 7.51. The molecule has 0 aliphatic carbocycles. The van der Waals surface area contributed by atoms with E-state index in [1.54, 1.807) is 43.3 Å². The molecule has 0 radical (unpaired) electrons. The van der Waals surface area contributed by atoms with Crippen LogP contribution in [0.5, 0.6) is 11.5 Å².